The largest absolute Gasteiger partial charge is 0.469 e. The summed E-state index contributed by atoms with van der Waals surface area (Å²) in [4.78, 5) is 34.0. The molecule has 0 aromatic rings. The van der Waals surface area contributed by atoms with Crippen molar-refractivity contribution in [2.75, 3.05) is 13.2 Å². The molecule has 1 heterocycles. The van der Waals surface area contributed by atoms with Crippen LogP contribution in [0.25, 0.3) is 0 Å². The van der Waals surface area contributed by atoms with Crippen molar-refractivity contribution in [2.24, 2.45) is 0 Å². The number of phosphoric ester groups is 2. The third-order valence-corrected chi connectivity index (χ3v) is 3.42. The second kappa shape index (κ2) is 6.25. The molecular formula is C6H15NO10P2. The fourth-order valence-corrected chi connectivity index (χ4v) is 2.31. The van der Waals surface area contributed by atoms with Gasteiger partial charge in [-0.25, -0.2) is 9.13 Å². The number of rotatable bonds is 6. The van der Waals surface area contributed by atoms with E-state index in [2.05, 4.69) is 14.4 Å². The van der Waals surface area contributed by atoms with Crippen molar-refractivity contribution in [1.82, 2.24) is 5.32 Å². The molecule has 4 atom stereocenters. The Labute approximate surface area is 107 Å². The summed E-state index contributed by atoms with van der Waals surface area (Å²) in [6.07, 6.45) is -2.84. The Morgan fingerprint density at radius 1 is 0.842 bits per heavy atom. The Morgan fingerprint density at radius 3 is 1.42 bits per heavy atom. The summed E-state index contributed by atoms with van der Waals surface area (Å²) in [6, 6.07) is -2.01. The third-order valence-electron chi connectivity index (χ3n) is 2.45. The van der Waals surface area contributed by atoms with Crippen LogP contribution in [0.3, 0.4) is 0 Å². The summed E-state index contributed by atoms with van der Waals surface area (Å²) in [5.74, 6) is 0. The molecule has 0 saturated carbocycles. The lowest BCUT2D eigenvalue weighted by molar-refractivity contribution is 0.0125. The zero-order valence-electron chi connectivity index (χ0n) is 9.43. The molecule has 1 aliphatic heterocycles. The maximum Gasteiger partial charge on any atom is 0.469 e. The van der Waals surface area contributed by atoms with Gasteiger partial charge in [0, 0.05) is 0 Å². The molecule has 0 amide bonds. The van der Waals surface area contributed by atoms with Crippen LogP contribution >= 0.6 is 15.6 Å². The van der Waals surface area contributed by atoms with E-state index in [1.165, 1.54) is 0 Å². The highest BCUT2D eigenvalue weighted by atomic mass is 31.2. The fourth-order valence-electron chi connectivity index (χ4n) is 1.60. The molecule has 7 N–H and O–H groups in total. The first kappa shape index (κ1) is 17.2. The Kier molecular flexibility index (Phi) is 5.64. The first-order chi connectivity index (χ1) is 8.49. The van der Waals surface area contributed by atoms with Crippen LogP contribution in [0.4, 0.5) is 0 Å². The second-order valence-corrected chi connectivity index (χ2v) is 6.41. The molecule has 0 spiro atoms. The maximum atomic E-state index is 10.5. The van der Waals surface area contributed by atoms with E-state index in [1.807, 2.05) is 0 Å². The van der Waals surface area contributed by atoms with Gasteiger partial charge in [0.15, 0.2) is 0 Å². The highest BCUT2D eigenvalue weighted by Gasteiger charge is 2.42. The highest BCUT2D eigenvalue weighted by molar-refractivity contribution is 7.46. The molecule has 1 rings (SSSR count). The van der Waals surface area contributed by atoms with Gasteiger partial charge in [-0.05, 0) is 0 Å². The van der Waals surface area contributed by atoms with E-state index in [-0.39, 0.29) is 0 Å². The van der Waals surface area contributed by atoms with Crippen LogP contribution < -0.4 is 5.32 Å². The van der Waals surface area contributed by atoms with Crippen molar-refractivity contribution in [1.29, 1.82) is 0 Å². The highest BCUT2D eigenvalue weighted by Crippen LogP contribution is 2.38. The van der Waals surface area contributed by atoms with Gasteiger partial charge in [0.05, 0.1) is 37.5 Å². The van der Waals surface area contributed by atoms with Crippen molar-refractivity contribution >= 4 is 15.6 Å². The van der Waals surface area contributed by atoms with Crippen LogP contribution in [0.2, 0.25) is 0 Å². The fraction of sp³-hybridized carbons (Fsp3) is 1.00. The van der Waals surface area contributed by atoms with E-state index < -0.39 is 53.2 Å². The lowest BCUT2D eigenvalue weighted by Gasteiger charge is -2.15. The van der Waals surface area contributed by atoms with Gasteiger partial charge < -0.3 is 35.1 Å². The summed E-state index contributed by atoms with van der Waals surface area (Å²) in [7, 11) is -9.43. The van der Waals surface area contributed by atoms with Gasteiger partial charge in [0.25, 0.3) is 0 Å². The molecule has 0 aromatic carbocycles. The molecule has 1 fully saturated rings. The summed E-state index contributed by atoms with van der Waals surface area (Å²) in [5.41, 5.74) is 0. The molecule has 11 nitrogen and oxygen atoms in total. The minimum absolute atomic E-state index is 0.588. The maximum absolute atomic E-state index is 10.5. The smallest absolute Gasteiger partial charge is 0.389 e. The van der Waals surface area contributed by atoms with Crippen LogP contribution in [0.15, 0.2) is 0 Å². The number of phosphoric acid groups is 2. The molecule has 0 unspecified atom stereocenters. The normalized spacial score (nSPS) is 32.7. The van der Waals surface area contributed by atoms with E-state index in [0.717, 1.165) is 0 Å². The molecule has 1 aliphatic rings. The second-order valence-electron chi connectivity index (χ2n) is 3.93. The molecule has 0 aromatic heterocycles. The van der Waals surface area contributed by atoms with Gasteiger partial charge in [-0.2, -0.15) is 0 Å². The monoisotopic (exact) mass is 323 g/mol. The zero-order chi connectivity index (χ0) is 14.8. The predicted octanol–water partition coefficient (Wildman–Crippen LogP) is -2.73. The van der Waals surface area contributed by atoms with E-state index >= 15 is 0 Å². The zero-order valence-corrected chi connectivity index (χ0v) is 11.2. The average Bonchev–Trinajstić information content (AvgIpc) is 2.49. The van der Waals surface area contributed by atoms with Gasteiger partial charge in [-0.3, -0.25) is 9.05 Å². The molecule has 0 aliphatic carbocycles. The number of aliphatic hydroxyl groups excluding tert-OH is 2. The quantitative estimate of drug-likeness (QED) is 0.251. The van der Waals surface area contributed by atoms with Gasteiger partial charge in [-0.15, -0.1) is 0 Å². The summed E-state index contributed by atoms with van der Waals surface area (Å²) in [5, 5.41) is 21.6. The van der Waals surface area contributed by atoms with E-state index in [9.17, 15) is 19.3 Å². The number of hydrogen-bond donors (Lipinski definition) is 7. The molecule has 114 valence electrons. The third kappa shape index (κ3) is 5.94. The Hall–Kier alpha value is 0.1000. The van der Waals surface area contributed by atoms with Crippen molar-refractivity contribution < 1.29 is 48.0 Å². The van der Waals surface area contributed by atoms with Crippen LogP contribution in [-0.2, 0) is 18.2 Å². The molecule has 0 bridgehead atoms. The summed E-state index contributed by atoms with van der Waals surface area (Å²) in [6.45, 7) is -1.18. The topological polar surface area (TPSA) is 186 Å². The van der Waals surface area contributed by atoms with Crippen molar-refractivity contribution in [2.45, 2.75) is 24.3 Å². The molecule has 1 saturated heterocycles. The average molecular weight is 323 g/mol. The minimum atomic E-state index is -4.71. The number of nitrogens with one attached hydrogen (secondary N) is 1. The van der Waals surface area contributed by atoms with Crippen LogP contribution in [0, 0.1) is 0 Å². The minimum Gasteiger partial charge on any atom is -0.389 e. The van der Waals surface area contributed by atoms with Gasteiger partial charge in [0.2, 0.25) is 0 Å². The van der Waals surface area contributed by atoms with Crippen molar-refractivity contribution in [3.05, 3.63) is 0 Å². The van der Waals surface area contributed by atoms with E-state index in [1.54, 1.807) is 0 Å². The number of aliphatic hydroxyl groups is 2. The standard InChI is InChI=1S/C6H15NO10P2/c8-5-3(1-16-18(10,11)12)7-4(6(5)9)2-17-19(13,14)15/h3-9H,1-2H2,(H2,10,11,12)(H2,13,14,15)/t3-,4-,5-,6+/m0/s1. The Balaban J connectivity index is 2.51. The van der Waals surface area contributed by atoms with Gasteiger partial charge in [-0.1, -0.05) is 0 Å². The first-order valence-corrected chi connectivity index (χ1v) is 8.08. The van der Waals surface area contributed by atoms with Crippen molar-refractivity contribution in [3.63, 3.8) is 0 Å². The molecule has 19 heavy (non-hydrogen) atoms. The Morgan fingerprint density at radius 2 is 1.16 bits per heavy atom. The SMILES string of the molecule is O=P(O)(O)OC[C@@H]1N[C@@H](COP(=O)(O)O)[C@@H](O)[C@H]1O. The molecular weight excluding hydrogens is 308 g/mol. The van der Waals surface area contributed by atoms with Crippen LogP contribution in [-0.4, -0.2) is 67.3 Å². The van der Waals surface area contributed by atoms with Crippen LogP contribution in [0.5, 0.6) is 0 Å². The lowest BCUT2D eigenvalue weighted by Crippen LogP contribution is -2.38. The summed E-state index contributed by atoms with van der Waals surface area (Å²) >= 11 is 0. The van der Waals surface area contributed by atoms with E-state index in [4.69, 9.17) is 19.6 Å². The summed E-state index contributed by atoms with van der Waals surface area (Å²) < 4.78 is 29.3. The Bertz CT molecular complexity index is 355. The lowest BCUT2D eigenvalue weighted by atomic mass is 10.1. The van der Waals surface area contributed by atoms with E-state index in [0.29, 0.717) is 0 Å². The first-order valence-electron chi connectivity index (χ1n) is 5.02. The van der Waals surface area contributed by atoms with Gasteiger partial charge >= 0.3 is 15.6 Å². The molecule has 13 heteroatoms. The molecule has 0 radical (unpaired) electrons. The predicted molar refractivity (Wildman–Crippen MR) is 58.7 cm³/mol. The number of hydrogen-bond acceptors (Lipinski definition) is 7. The van der Waals surface area contributed by atoms with Crippen molar-refractivity contribution in [3.8, 4) is 0 Å². The van der Waals surface area contributed by atoms with Gasteiger partial charge in [0.1, 0.15) is 0 Å². The van der Waals surface area contributed by atoms with Crippen LogP contribution in [0.1, 0.15) is 0 Å².